The van der Waals surface area contributed by atoms with E-state index in [0.29, 0.717) is 19.0 Å². The lowest BCUT2D eigenvalue weighted by atomic mass is 9.77. The number of hydrogen-bond donors (Lipinski definition) is 0. The SMILES string of the molecule is CCOC(=O)Cc1ccc(CC)cc1OCc1cc(B2OC(C)(C)C(C)(C)O2)c2occc2c1. The Labute approximate surface area is 201 Å². The number of furan rings is 1. The molecule has 1 fully saturated rings. The standard InChI is InChI=1S/C27H33BO6/c1-7-18-9-10-20(16-24(29)30-8-2)23(15-18)32-17-19-13-21-11-12-31-25(21)22(14-19)28-33-26(3,4)27(5,6)34-28/h9-15H,7-8,16-17H2,1-6H3. The van der Waals surface area contributed by atoms with Crippen molar-refractivity contribution in [3.63, 3.8) is 0 Å². The Kier molecular flexibility index (Phi) is 6.79. The molecule has 1 aliphatic rings. The second-order valence-corrected chi connectivity index (χ2v) is 9.68. The van der Waals surface area contributed by atoms with Crippen LogP contribution in [0, 0.1) is 0 Å². The largest absolute Gasteiger partial charge is 0.498 e. The van der Waals surface area contributed by atoms with Crippen LogP contribution in [0.25, 0.3) is 11.0 Å². The Bertz CT molecular complexity index is 1160. The normalized spacial score (nSPS) is 16.7. The van der Waals surface area contributed by atoms with Crippen molar-refractivity contribution in [3.05, 3.63) is 59.4 Å². The fourth-order valence-electron chi connectivity index (χ4n) is 4.03. The van der Waals surface area contributed by atoms with E-state index in [4.69, 9.17) is 23.2 Å². The summed E-state index contributed by atoms with van der Waals surface area (Å²) in [5.74, 6) is 0.427. The number of aryl methyl sites for hydroxylation is 1. The highest BCUT2D eigenvalue weighted by molar-refractivity contribution is 6.64. The second-order valence-electron chi connectivity index (χ2n) is 9.68. The van der Waals surface area contributed by atoms with Crippen LogP contribution in [0.1, 0.15) is 58.2 Å². The number of hydrogen-bond acceptors (Lipinski definition) is 6. The first kappa shape index (κ1) is 24.4. The molecule has 34 heavy (non-hydrogen) atoms. The van der Waals surface area contributed by atoms with Crippen molar-refractivity contribution in [2.24, 2.45) is 0 Å². The van der Waals surface area contributed by atoms with Crippen LogP contribution in [0.15, 0.2) is 47.1 Å². The molecule has 6 nitrogen and oxygen atoms in total. The molecule has 0 bridgehead atoms. The number of rotatable bonds is 8. The molecule has 1 saturated heterocycles. The van der Waals surface area contributed by atoms with E-state index in [1.807, 2.05) is 64.1 Å². The van der Waals surface area contributed by atoms with Crippen molar-refractivity contribution in [1.82, 2.24) is 0 Å². The van der Waals surface area contributed by atoms with E-state index in [1.165, 1.54) is 0 Å². The summed E-state index contributed by atoms with van der Waals surface area (Å²) in [5, 5.41) is 0.958. The van der Waals surface area contributed by atoms with Gasteiger partial charge >= 0.3 is 13.1 Å². The summed E-state index contributed by atoms with van der Waals surface area (Å²) in [6.07, 6.45) is 2.72. The van der Waals surface area contributed by atoms with E-state index in [1.54, 1.807) is 13.2 Å². The topological polar surface area (TPSA) is 67.1 Å². The van der Waals surface area contributed by atoms with Crippen LogP contribution in [-0.2, 0) is 38.3 Å². The zero-order valence-corrected chi connectivity index (χ0v) is 20.9. The molecule has 0 unspecified atom stereocenters. The summed E-state index contributed by atoms with van der Waals surface area (Å²) < 4.78 is 29.7. The molecular weight excluding hydrogens is 431 g/mol. The predicted molar refractivity (Wildman–Crippen MR) is 132 cm³/mol. The van der Waals surface area contributed by atoms with E-state index in [0.717, 1.165) is 39.5 Å². The number of carbonyl (C=O) groups excluding carboxylic acids is 1. The molecule has 0 amide bonds. The molecule has 4 rings (SSSR count). The third-order valence-corrected chi connectivity index (χ3v) is 6.72. The number of ether oxygens (including phenoxy) is 2. The van der Waals surface area contributed by atoms with Gasteiger partial charge in [-0.1, -0.05) is 25.1 Å². The van der Waals surface area contributed by atoms with Gasteiger partial charge in [0.1, 0.15) is 17.9 Å². The Balaban J connectivity index is 1.61. The number of carbonyl (C=O) groups is 1. The lowest BCUT2D eigenvalue weighted by Crippen LogP contribution is -2.41. The average Bonchev–Trinajstić information content (AvgIpc) is 3.33. The van der Waals surface area contributed by atoms with E-state index in [2.05, 4.69) is 6.92 Å². The molecule has 1 aliphatic heterocycles. The smallest absolute Gasteiger partial charge is 0.489 e. The lowest BCUT2D eigenvalue weighted by Gasteiger charge is -2.32. The Hall–Kier alpha value is -2.77. The first-order chi connectivity index (χ1) is 16.1. The van der Waals surface area contributed by atoms with Crippen LogP contribution in [-0.4, -0.2) is 30.9 Å². The number of fused-ring (bicyclic) bond motifs is 1. The fraction of sp³-hybridized carbons (Fsp3) is 0.444. The van der Waals surface area contributed by atoms with Crippen molar-refractivity contribution in [2.45, 2.75) is 72.2 Å². The summed E-state index contributed by atoms with van der Waals surface area (Å²) in [6, 6.07) is 12.0. The first-order valence-corrected chi connectivity index (χ1v) is 11.9. The third kappa shape index (κ3) is 4.86. The highest BCUT2D eigenvalue weighted by atomic mass is 16.7. The summed E-state index contributed by atoms with van der Waals surface area (Å²) in [7, 11) is -0.540. The van der Waals surface area contributed by atoms with Gasteiger partial charge in [-0.2, -0.15) is 0 Å². The summed E-state index contributed by atoms with van der Waals surface area (Å²) in [4.78, 5) is 12.1. The quantitative estimate of drug-likeness (QED) is 0.346. The van der Waals surface area contributed by atoms with Gasteiger partial charge in [0.2, 0.25) is 0 Å². The molecule has 0 radical (unpaired) electrons. The number of benzene rings is 2. The third-order valence-electron chi connectivity index (χ3n) is 6.72. The van der Waals surface area contributed by atoms with E-state index in [-0.39, 0.29) is 12.4 Å². The van der Waals surface area contributed by atoms with Gasteiger partial charge in [-0.3, -0.25) is 4.79 Å². The minimum atomic E-state index is -0.540. The van der Waals surface area contributed by atoms with Gasteiger partial charge in [0.15, 0.2) is 0 Å². The summed E-state index contributed by atoms with van der Waals surface area (Å²) in [5.41, 5.74) is 3.60. The molecule has 3 aromatic rings. The molecule has 0 saturated carbocycles. The maximum atomic E-state index is 12.1. The molecule has 180 valence electrons. The van der Waals surface area contributed by atoms with E-state index < -0.39 is 18.3 Å². The lowest BCUT2D eigenvalue weighted by molar-refractivity contribution is -0.142. The molecule has 2 heterocycles. The van der Waals surface area contributed by atoms with E-state index >= 15 is 0 Å². The Morgan fingerprint density at radius 1 is 0.971 bits per heavy atom. The Morgan fingerprint density at radius 2 is 1.71 bits per heavy atom. The van der Waals surface area contributed by atoms with Crippen LogP contribution in [0.3, 0.4) is 0 Å². The molecule has 2 aromatic carbocycles. The van der Waals surface area contributed by atoms with E-state index in [9.17, 15) is 4.79 Å². The zero-order chi connectivity index (χ0) is 24.5. The van der Waals surface area contributed by atoms with Gasteiger partial charge in [-0.25, -0.2) is 0 Å². The van der Waals surface area contributed by atoms with Gasteiger partial charge in [0.25, 0.3) is 0 Å². The van der Waals surface area contributed by atoms with Gasteiger partial charge in [0, 0.05) is 16.4 Å². The zero-order valence-electron chi connectivity index (χ0n) is 20.9. The fourth-order valence-corrected chi connectivity index (χ4v) is 4.03. The van der Waals surface area contributed by atoms with Crippen LogP contribution >= 0.6 is 0 Å². The van der Waals surface area contributed by atoms with Crippen LogP contribution in [0.2, 0.25) is 0 Å². The predicted octanol–water partition coefficient (Wildman–Crippen LogP) is 4.98. The van der Waals surface area contributed by atoms with Crippen molar-refractivity contribution in [3.8, 4) is 5.75 Å². The summed E-state index contributed by atoms with van der Waals surface area (Å²) >= 11 is 0. The van der Waals surface area contributed by atoms with Crippen molar-refractivity contribution < 1.29 is 28.0 Å². The average molecular weight is 464 g/mol. The number of esters is 1. The molecule has 1 aromatic heterocycles. The van der Waals surface area contributed by atoms with Gasteiger partial charge in [-0.05, 0) is 70.4 Å². The summed E-state index contributed by atoms with van der Waals surface area (Å²) in [6.45, 7) is 12.7. The molecule has 0 spiro atoms. The molecule has 0 atom stereocenters. The highest BCUT2D eigenvalue weighted by Gasteiger charge is 2.52. The monoisotopic (exact) mass is 464 g/mol. The van der Waals surface area contributed by atoms with Gasteiger partial charge in [0.05, 0.1) is 30.5 Å². The molecule has 0 aliphatic carbocycles. The maximum absolute atomic E-state index is 12.1. The van der Waals surface area contributed by atoms with Crippen LogP contribution in [0.4, 0.5) is 0 Å². The van der Waals surface area contributed by atoms with Crippen LogP contribution < -0.4 is 10.2 Å². The van der Waals surface area contributed by atoms with Gasteiger partial charge < -0.3 is 23.2 Å². The molecule has 7 heteroatoms. The Morgan fingerprint density at radius 3 is 2.38 bits per heavy atom. The first-order valence-electron chi connectivity index (χ1n) is 11.9. The molecular formula is C27H33BO6. The highest BCUT2D eigenvalue weighted by Crippen LogP contribution is 2.37. The van der Waals surface area contributed by atoms with Gasteiger partial charge in [-0.15, -0.1) is 0 Å². The maximum Gasteiger partial charge on any atom is 0.498 e. The van der Waals surface area contributed by atoms with Crippen molar-refractivity contribution >= 4 is 29.5 Å². The second kappa shape index (κ2) is 9.47. The molecule has 0 N–H and O–H groups in total. The minimum Gasteiger partial charge on any atom is -0.489 e. The van der Waals surface area contributed by atoms with Crippen molar-refractivity contribution in [2.75, 3.05) is 6.61 Å². The van der Waals surface area contributed by atoms with Crippen molar-refractivity contribution in [1.29, 1.82) is 0 Å². The minimum absolute atomic E-state index is 0.174. The van der Waals surface area contributed by atoms with Crippen LogP contribution in [0.5, 0.6) is 5.75 Å².